The molecule has 0 radical (unpaired) electrons. The van der Waals surface area contributed by atoms with Crippen LogP contribution in [0.1, 0.15) is 42.4 Å². The Morgan fingerprint density at radius 2 is 1.79 bits per heavy atom. The summed E-state index contributed by atoms with van der Waals surface area (Å²) in [5.41, 5.74) is 2.76. The van der Waals surface area contributed by atoms with E-state index in [0.29, 0.717) is 17.9 Å². The predicted molar refractivity (Wildman–Crippen MR) is 130 cm³/mol. The first-order chi connectivity index (χ1) is 16.5. The van der Waals surface area contributed by atoms with E-state index in [0.717, 1.165) is 47.6 Å². The quantitative estimate of drug-likeness (QED) is 0.428. The van der Waals surface area contributed by atoms with Gasteiger partial charge in [-0.3, -0.25) is 19.8 Å². The van der Waals surface area contributed by atoms with Crippen LogP contribution in [0.25, 0.3) is 16.8 Å². The first-order valence-corrected chi connectivity index (χ1v) is 11.6. The van der Waals surface area contributed by atoms with E-state index >= 15 is 0 Å². The summed E-state index contributed by atoms with van der Waals surface area (Å²) < 4.78 is 6.18. The van der Waals surface area contributed by atoms with Crippen LogP contribution in [0.2, 0.25) is 0 Å². The van der Waals surface area contributed by atoms with Crippen molar-refractivity contribution in [1.29, 1.82) is 0 Å². The average molecular weight is 455 g/mol. The van der Waals surface area contributed by atoms with Crippen molar-refractivity contribution in [3.63, 3.8) is 0 Å². The fourth-order valence-corrected chi connectivity index (χ4v) is 4.82. The molecule has 4 amide bonds. The molecule has 34 heavy (non-hydrogen) atoms. The Labute approximate surface area is 198 Å². The number of aryl methyl sites for hydroxylation is 1. The Bertz CT molecular complexity index is 1320. The van der Waals surface area contributed by atoms with Crippen LogP contribution in [-0.4, -0.2) is 28.8 Å². The minimum Gasteiger partial charge on any atom is -0.488 e. The number of amides is 4. The molecule has 3 aromatic rings. The SMILES string of the molecule is Cc1cccc(COc2ccc3ccccc3c2/C=C2\C(=O)NC(=O)N(C3CCCC3)C2=O)c1. The van der Waals surface area contributed by atoms with Crippen LogP contribution in [0, 0.1) is 6.92 Å². The van der Waals surface area contributed by atoms with Gasteiger partial charge in [0.1, 0.15) is 17.9 Å². The van der Waals surface area contributed by atoms with E-state index in [1.165, 1.54) is 4.90 Å². The van der Waals surface area contributed by atoms with E-state index in [9.17, 15) is 14.4 Å². The highest BCUT2D eigenvalue weighted by Crippen LogP contribution is 2.33. The summed E-state index contributed by atoms with van der Waals surface area (Å²) in [6, 6.07) is 18.8. The molecular weight excluding hydrogens is 428 g/mol. The molecule has 0 unspecified atom stereocenters. The Kier molecular flexibility index (Phi) is 5.88. The van der Waals surface area contributed by atoms with Crippen molar-refractivity contribution in [2.75, 3.05) is 0 Å². The van der Waals surface area contributed by atoms with Crippen molar-refractivity contribution >= 4 is 34.7 Å². The molecule has 0 bridgehead atoms. The van der Waals surface area contributed by atoms with Gasteiger partial charge in [0, 0.05) is 11.6 Å². The fraction of sp³-hybridized carbons (Fsp3) is 0.250. The normalized spacial score (nSPS) is 18.1. The number of hydrogen-bond acceptors (Lipinski definition) is 4. The van der Waals surface area contributed by atoms with Crippen molar-refractivity contribution in [1.82, 2.24) is 10.2 Å². The molecular formula is C28H26N2O4. The highest BCUT2D eigenvalue weighted by molar-refractivity contribution is 6.31. The lowest BCUT2D eigenvalue weighted by atomic mass is 9.99. The third-order valence-electron chi connectivity index (χ3n) is 6.52. The van der Waals surface area contributed by atoms with E-state index < -0.39 is 17.8 Å². The summed E-state index contributed by atoms with van der Waals surface area (Å²) in [4.78, 5) is 39.8. The Hall–Kier alpha value is -3.93. The number of carbonyl (C=O) groups excluding carboxylic acids is 3. The molecule has 1 aliphatic heterocycles. The predicted octanol–water partition coefficient (Wildman–Crippen LogP) is 5.13. The number of rotatable bonds is 5. The lowest BCUT2D eigenvalue weighted by Crippen LogP contribution is -2.57. The van der Waals surface area contributed by atoms with Crippen molar-refractivity contribution < 1.29 is 19.1 Å². The van der Waals surface area contributed by atoms with Gasteiger partial charge in [0.15, 0.2) is 0 Å². The molecule has 6 heteroatoms. The number of fused-ring (bicyclic) bond motifs is 1. The summed E-state index contributed by atoms with van der Waals surface area (Å²) in [5, 5.41) is 4.18. The van der Waals surface area contributed by atoms with Crippen LogP contribution in [0.4, 0.5) is 4.79 Å². The highest BCUT2D eigenvalue weighted by Gasteiger charge is 2.40. The van der Waals surface area contributed by atoms with E-state index in [2.05, 4.69) is 11.4 Å². The van der Waals surface area contributed by atoms with Gasteiger partial charge in [-0.05, 0) is 48.2 Å². The minimum absolute atomic E-state index is 0.0525. The van der Waals surface area contributed by atoms with Crippen molar-refractivity contribution in [3.8, 4) is 5.75 Å². The molecule has 1 saturated carbocycles. The molecule has 6 nitrogen and oxygen atoms in total. The minimum atomic E-state index is -0.679. The molecule has 2 fully saturated rings. The van der Waals surface area contributed by atoms with Crippen molar-refractivity contribution in [2.24, 2.45) is 0 Å². The van der Waals surface area contributed by atoms with Crippen LogP contribution < -0.4 is 10.1 Å². The van der Waals surface area contributed by atoms with Gasteiger partial charge in [0.25, 0.3) is 11.8 Å². The average Bonchev–Trinajstić information content (AvgIpc) is 3.35. The molecule has 5 rings (SSSR count). The zero-order valence-electron chi connectivity index (χ0n) is 19.0. The highest BCUT2D eigenvalue weighted by atomic mass is 16.5. The molecule has 1 saturated heterocycles. The zero-order chi connectivity index (χ0) is 23.7. The zero-order valence-corrected chi connectivity index (χ0v) is 19.0. The summed E-state index contributed by atoms with van der Waals surface area (Å²) in [6.07, 6.45) is 5.03. The Morgan fingerprint density at radius 1 is 1.00 bits per heavy atom. The lowest BCUT2D eigenvalue weighted by molar-refractivity contribution is -0.131. The number of ether oxygens (including phenoxy) is 1. The molecule has 3 aromatic carbocycles. The number of nitrogens with zero attached hydrogens (tertiary/aromatic N) is 1. The topological polar surface area (TPSA) is 75.7 Å². The smallest absolute Gasteiger partial charge is 0.331 e. The summed E-state index contributed by atoms with van der Waals surface area (Å²) in [7, 11) is 0. The maximum atomic E-state index is 13.3. The number of urea groups is 1. The fourth-order valence-electron chi connectivity index (χ4n) is 4.82. The largest absolute Gasteiger partial charge is 0.488 e. The number of carbonyl (C=O) groups is 3. The van der Waals surface area contributed by atoms with Gasteiger partial charge in [-0.25, -0.2) is 4.79 Å². The summed E-state index contributed by atoms with van der Waals surface area (Å²) in [6.45, 7) is 2.38. The molecule has 2 aliphatic rings. The first kappa shape index (κ1) is 21.9. The summed E-state index contributed by atoms with van der Waals surface area (Å²) >= 11 is 0. The molecule has 0 aromatic heterocycles. The van der Waals surface area contributed by atoms with E-state index in [4.69, 9.17) is 4.74 Å². The number of imide groups is 2. The van der Waals surface area contributed by atoms with Crippen LogP contribution >= 0.6 is 0 Å². The monoisotopic (exact) mass is 454 g/mol. The molecule has 1 aliphatic carbocycles. The summed E-state index contributed by atoms with van der Waals surface area (Å²) in [5.74, 6) is -0.655. The number of nitrogens with one attached hydrogen (secondary N) is 1. The van der Waals surface area contributed by atoms with E-state index in [1.807, 2.05) is 61.5 Å². The van der Waals surface area contributed by atoms with Crippen molar-refractivity contribution in [3.05, 3.63) is 82.9 Å². The van der Waals surface area contributed by atoms with E-state index in [-0.39, 0.29) is 11.6 Å². The second kappa shape index (κ2) is 9.14. The molecule has 1 heterocycles. The number of benzene rings is 3. The third kappa shape index (κ3) is 4.19. The van der Waals surface area contributed by atoms with Crippen molar-refractivity contribution in [2.45, 2.75) is 45.3 Å². The first-order valence-electron chi connectivity index (χ1n) is 11.6. The maximum absolute atomic E-state index is 13.3. The van der Waals surface area contributed by atoms with Crippen LogP contribution in [-0.2, 0) is 16.2 Å². The molecule has 0 atom stereocenters. The number of barbiturate groups is 1. The van der Waals surface area contributed by atoms with Crippen LogP contribution in [0.5, 0.6) is 5.75 Å². The molecule has 0 spiro atoms. The van der Waals surface area contributed by atoms with Gasteiger partial charge >= 0.3 is 6.03 Å². The Balaban J connectivity index is 1.55. The second-order valence-corrected chi connectivity index (χ2v) is 8.91. The van der Waals surface area contributed by atoms with Gasteiger partial charge < -0.3 is 4.74 Å². The van der Waals surface area contributed by atoms with Gasteiger partial charge in [-0.1, -0.05) is 73.0 Å². The Morgan fingerprint density at radius 3 is 2.59 bits per heavy atom. The second-order valence-electron chi connectivity index (χ2n) is 8.91. The standard InChI is InChI=1S/C28H26N2O4/c1-18-7-6-8-19(15-18)17-34-25-14-13-20-9-2-5-12-22(20)23(25)16-24-26(31)29-28(33)30(27(24)32)21-10-3-4-11-21/h2,5-9,12-16,21H,3-4,10-11,17H2,1H3,(H,29,31,33)/b24-16+. The van der Waals surface area contributed by atoms with Gasteiger partial charge in [0.05, 0.1) is 0 Å². The van der Waals surface area contributed by atoms with Gasteiger partial charge in [-0.15, -0.1) is 0 Å². The number of hydrogen-bond donors (Lipinski definition) is 1. The van der Waals surface area contributed by atoms with E-state index in [1.54, 1.807) is 6.08 Å². The third-order valence-corrected chi connectivity index (χ3v) is 6.52. The maximum Gasteiger partial charge on any atom is 0.331 e. The molecule has 1 N–H and O–H groups in total. The van der Waals surface area contributed by atoms with Gasteiger partial charge in [-0.2, -0.15) is 0 Å². The van der Waals surface area contributed by atoms with Crippen LogP contribution in [0.3, 0.4) is 0 Å². The lowest BCUT2D eigenvalue weighted by Gasteiger charge is -2.31. The van der Waals surface area contributed by atoms with Crippen LogP contribution in [0.15, 0.2) is 66.2 Å². The molecule has 172 valence electrons. The van der Waals surface area contributed by atoms with Gasteiger partial charge in [0.2, 0.25) is 0 Å².